The maximum atomic E-state index is 7.83. The molecule has 0 atom stereocenters. The smallest absolute Gasteiger partial charge is 0.250 e. The van der Waals surface area contributed by atoms with E-state index in [0.717, 1.165) is 16.8 Å². The second-order valence-corrected chi connectivity index (χ2v) is 4.14. The van der Waals surface area contributed by atoms with E-state index in [1.807, 2.05) is 59.1 Å². The van der Waals surface area contributed by atoms with Crippen LogP contribution in [0.1, 0.15) is 5.82 Å². The van der Waals surface area contributed by atoms with Gasteiger partial charge in [0.25, 0.3) is 5.90 Å². The number of methoxy groups -OCH3 is 1. The van der Waals surface area contributed by atoms with E-state index in [-0.39, 0.29) is 5.90 Å². The Kier molecular flexibility index (Phi) is 2.76. The van der Waals surface area contributed by atoms with Crippen molar-refractivity contribution in [1.82, 2.24) is 9.38 Å². The Morgan fingerprint density at radius 1 is 1.11 bits per heavy atom. The minimum atomic E-state index is 0.0587. The summed E-state index contributed by atoms with van der Waals surface area (Å²) >= 11 is 0. The second kappa shape index (κ2) is 4.57. The van der Waals surface area contributed by atoms with Gasteiger partial charge in [-0.15, -0.1) is 0 Å². The number of ether oxygens (including phenoxy) is 1. The van der Waals surface area contributed by atoms with Gasteiger partial charge in [-0.25, -0.2) is 4.98 Å². The standard InChI is InChI=1S/C15H13N3O/c1-19-14(16)15-17-13(11-7-3-2-4-8-11)12-9-5-6-10-18(12)15/h2-10,16H,1H3. The summed E-state index contributed by atoms with van der Waals surface area (Å²) in [6, 6.07) is 15.8. The fourth-order valence-electron chi connectivity index (χ4n) is 2.10. The first-order valence-electron chi connectivity index (χ1n) is 5.96. The van der Waals surface area contributed by atoms with Gasteiger partial charge in [0.05, 0.1) is 18.3 Å². The number of hydrogen-bond acceptors (Lipinski definition) is 3. The number of hydrogen-bond donors (Lipinski definition) is 1. The number of fused-ring (bicyclic) bond motifs is 1. The summed E-state index contributed by atoms with van der Waals surface area (Å²) in [4.78, 5) is 4.54. The van der Waals surface area contributed by atoms with Crippen LogP contribution < -0.4 is 0 Å². The van der Waals surface area contributed by atoms with Gasteiger partial charge < -0.3 is 4.74 Å². The molecule has 0 saturated carbocycles. The van der Waals surface area contributed by atoms with Crippen LogP contribution in [-0.2, 0) is 4.74 Å². The molecule has 0 unspecified atom stereocenters. The third-order valence-corrected chi connectivity index (χ3v) is 3.00. The highest BCUT2D eigenvalue weighted by Gasteiger charge is 2.15. The number of nitrogens with zero attached hydrogens (tertiary/aromatic N) is 2. The third kappa shape index (κ3) is 1.87. The van der Waals surface area contributed by atoms with Crippen LogP contribution in [0, 0.1) is 5.41 Å². The molecule has 0 radical (unpaired) electrons. The van der Waals surface area contributed by atoms with Crippen LogP contribution in [-0.4, -0.2) is 22.4 Å². The highest BCUT2D eigenvalue weighted by atomic mass is 16.5. The third-order valence-electron chi connectivity index (χ3n) is 3.00. The molecule has 2 aromatic heterocycles. The largest absolute Gasteiger partial charge is 0.479 e. The van der Waals surface area contributed by atoms with Gasteiger partial charge in [-0.1, -0.05) is 36.4 Å². The van der Waals surface area contributed by atoms with E-state index >= 15 is 0 Å². The normalized spacial score (nSPS) is 10.6. The lowest BCUT2D eigenvalue weighted by Gasteiger charge is -2.00. The van der Waals surface area contributed by atoms with Gasteiger partial charge in [-0.05, 0) is 12.1 Å². The molecule has 4 heteroatoms. The zero-order chi connectivity index (χ0) is 13.2. The summed E-state index contributed by atoms with van der Waals surface area (Å²) in [5.41, 5.74) is 2.85. The van der Waals surface area contributed by atoms with E-state index in [1.165, 1.54) is 7.11 Å². The van der Waals surface area contributed by atoms with Gasteiger partial charge in [-0.2, -0.15) is 0 Å². The molecular formula is C15H13N3O. The van der Waals surface area contributed by atoms with E-state index in [4.69, 9.17) is 10.1 Å². The predicted molar refractivity (Wildman–Crippen MR) is 74.5 cm³/mol. The Labute approximate surface area is 110 Å². The molecule has 0 amide bonds. The van der Waals surface area contributed by atoms with Crippen LogP contribution in [0.3, 0.4) is 0 Å². The fourth-order valence-corrected chi connectivity index (χ4v) is 2.10. The molecule has 0 bridgehead atoms. The summed E-state index contributed by atoms with van der Waals surface area (Å²) < 4.78 is 6.86. The fraction of sp³-hybridized carbons (Fsp3) is 0.0667. The van der Waals surface area contributed by atoms with Crippen LogP contribution in [0.25, 0.3) is 16.8 Å². The number of rotatable bonds is 2. The van der Waals surface area contributed by atoms with Crippen LogP contribution >= 0.6 is 0 Å². The summed E-state index contributed by atoms with van der Waals surface area (Å²) in [5.74, 6) is 0.570. The maximum absolute atomic E-state index is 7.83. The number of pyridine rings is 1. The summed E-state index contributed by atoms with van der Waals surface area (Å²) in [7, 11) is 1.48. The zero-order valence-electron chi connectivity index (χ0n) is 10.5. The minimum Gasteiger partial charge on any atom is -0.479 e. The Hall–Kier alpha value is -2.62. The van der Waals surface area contributed by atoms with E-state index in [1.54, 1.807) is 0 Å². The first kappa shape index (κ1) is 11.5. The monoisotopic (exact) mass is 251 g/mol. The molecule has 0 aliphatic carbocycles. The quantitative estimate of drug-likeness (QED) is 0.562. The molecule has 2 heterocycles. The van der Waals surface area contributed by atoms with E-state index in [9.17, 15) is 0 Å². The summed E-state index contributed by atoms with van der Waals surface area (Å²) in [6.45, 7) is 0. The van der Waals surface area contributed by atoms with Crippen LogP contribution in [0.15, 0.2) is 54.7 Å². The van der Waals surface area contributed by atoms with Gasteiger partial charge >= 0.3 is 0 Å². The lowest BCUT2D eigenvalue weighted by Crippen LogP contribution is -2.06. The molecule has 94 valence electrons. The Morgan fingerprint density at radius 2 is 1.84 bits per heavy atom. The Morgan fingerprint density at radius 3 is 2.58 bits per heavy atom. The molecule has 19 heavy (non-hydrogen) atoms. The molecule has 0 aliphatic heterocycles. The molecule has 0 spiro atoms. The van der Waals surface area contributed by atoms with Gasteiger partial charge in [-0.3, -0.25) is 9.81 Å². The number of benzene rings is 1. The van der Waals surface area contributed by atoms with Gasteiger partial charge in [0.15, 0.2) is 0 Å². The zero-order valence-corrected chi connectivity index (χ0v) is 10.5. The summed E-state index contributed by atoms with van der Waals surface area (Å²) in [6.07, 6.45) is 1.89. The number of imidazole rings is 1. The van der Waals surface area contributed by atoms with Crippen molar-refractivity contribution in [3.63, 3.8) is 0 Å². The first-order valence-corrected chi connectivity index (χ1v) is 5.96. The highest BCUT2D eigenvalue weighted by molar-refractivity contribution is 5.92. The molecule has 3 rings (SSSR count). The van der Waals surface area contributed by atoms with Crippen LogP contribution in [0.5, 0.6) is 0 Å². The van der Waals surface area contributed by atoms with E-state index in [0.29, 0.717) is 5.82 Å². The highest BCUT2D eigenvalue weighted by Crippen LogP contribution is 2.24. The van der Waals surface area contributed by atoms with Crippen molar-refractivity contribution in [3.8, 4) is 11.3 Å². The average Bonchev–Trinajstić information content (AvgIpc) is 2.87. The van der Waals surface area contributed by atoms with Crippen LogP contribution in [0.2, 0.25) is 0 Å². The lowest BCUT2D eigenvalue weighted by molar-refractivity contribution is 0.397. The molecule has 0 saturated heterocycles. The minimum absolute atomic E-state index is 0.0587. The molecular weight excluding hydrogens is 238 g/mol. The molecule has 1 aromatic carbocycles. The number of aromatic nitrogens is 2. The Bertz CT molecular complexity index is 731. The predicted octanol–water partition coefficient (Wildman–Crippen LogP) is 2.97. The van der Waals surface area contributed by atoms with Crippen molar-refractivity contribution in [2.75, 3.05) is 7.11 Å². The van der Waals surface area contributed by atoms with E-state index < -0.39 is 0 Å². The Balaban J connectivity index is 2.29. The van der Waals surface area contributed by atoms with Gasteiger partial charge in [0, 0.05) is 11.8 Å². The SMILES string of the molecule is COC(=N)c1nc(-c2ccccc2)c2ccccn12. The molecule has 4 nitrogen and oxygen atoms in total. The van der Waals surface area contributed by atoms with Crippen molar-refractivity contribution < 1.29 is 4.74 Å². The van der Waals surface area contributed by atoms with Crippen molar-refractivity contribution >= 4 is 11.4 Å². The first-order chi connectivity index (χ1) is 9.31. The van der Waals surface area contributed by atoms with Crippen molar-refractivity contribution in [2.24, 2.45) is 0 Å². The van der Waals surface area contributed by atoms with Crippen molar-refractivity contribution in [3.05, 3.63) is 60.6 Å². The van der Waals surface area contributed by atoms with E-state index in [2.05, 4.69) is 4.98 Å². The molecule has 1 N–H and O–H groups in total. The molecule has 0 fully saturated rings. The average molecular weight is 251 g/mol. The van der Waals surface area contributed by atoms with Gasteiger partial charge in [0.2, 0.25) is 5.82 Å². The van der Waals surface area contributed by atoms with Gasteiger partial charge in [0.1, 0.15) is 0 Å². The maximum Gasteiger partial charge on any atom is 0.250 e. The van der Waals surface area contributed by atoms with Crippen molar-refractivity contribution in [1.29, 1.82) is 5.41 Å². The topological polar surface area (TPSA) is 50.4 Å². The van der Waals surface area contributed by atoms with Crippen molar-refractivity contribution in [2.45, 2.75) is 0 Å². The number of nitrogens with one attached hydrogen (secondary N) is 1. The summed E-state index contributed by atoms with van der Waals surface area (Å²) in [5, 5.41) is 7.83. The molecule has 3 aromatic rings. The second-order valence-electron chi connectivity index (χ2n) is 4.14. The lowest BCUT2D eigenvalue weighted by atomic mass is 10.1. The van der Waals surface area contributed by atoms with Crippen LogP contribution in [0.4, 0.5) is 0 Å². The molecule has 0 aliphatic rings.